The Morgan fingerprint density at radius 3 is 2.45 bits per heavy atom. The van der Waals surface area contributed by atoms with Crippen molar-refractivity contribution in [2.75, 3.05) is 57.3 Å². The number of hydrogen-bond acceptors (Lipinski definition) is 5. The molecule has 2 aromatic rings. The number of hydrogen-bond donors (Lipinski definition) is 1. The average Bonchev–Trinajstić information content (AvgIpc) is 3.26. The van der Waals surface area contributed by atoms with Crippen LogP contribution in [0.4, 0.5) is 5.69 Å². The Labute approximate surface area is 172 Å². The van der Waals surface area contributed by atoms with Crippen molar-refractivity contribution < 1.29 is 14.0 Å². The zero-order valence-corrected chi connectivity index (χ0v) is 17.3. The number of piperazine rings is 1. The number of nitrogens with zero attached hydrogens (tertiary/aromatic N) is 3. The van der Waals surface area contributed by atoms with E-state index in [4.69, 9.17) is 4.42 Å². The molecule has 0 spiro atoms. The second kappa shape index (κ2) is 10.2. The third kappa shape index (κ3) is 5.68. The fourth-order valence-corrected chi connectivity index (χ4v) is 3.62. The van der Waals surface area contributed by atoms with Crippen LogP contribution in [0, 0.1) is 6.92 Å². The van der Waals surface area contributed by atoms with E-state index in [0.717, 1.165) is 44.0 Å². The SMILES string of the molecule is CCN(C(=O)CN1CCN(CCNC(=O)c2ccco2)CC1)c1ccccc1C. The number of anilines is 1. The Balaban J connectivity index is 1.40. The van der Waals surface area contributed by atoms with Gasteiger partial charge in [-0.05, 0) is 37.6 Å². The molecule has 3 rings (SSSR count). The largest absolute Gasteiger partial charge is 0.459 e. The van der Waals surface area contributed by atoms with Crippen LogP contribution < -0.4 is 10.2 Å². The Morgan fingerprint density at radius 2 is 1.79 bits per heavy atom. The molecule has 0 radical (unpaired) electrons. The van der Waals surface area contributed by atoms with Crippen molar-refractivity contribution in [1.82, 2.24) is 15.1 Å². The van der Waals surface area contributed by atoms with Crippen molar-refractivity contribution >= 4 is 17.5 Å². The number of carbonyl (C=O) groups excluding carboxylic acids is 2. The lowest BCUT2D eigenvalue weighted by Gasteiger charge is -2.35. The zero-order chi connectivity index (χ0) is 20.6. The van der Waals surface area contributed by atoms with E-state index < -0.39 is 0 Å². The Morgan fingerprint density at radius 1 is 1.07 bits per heavy atom. The Bertz CT molecular complexity index is 798. The molecule has 29 heavy (non-hydrogen) atoms. The molecule has 0 saturated carbocycles. The van der Waals surface area contributed by atoms with E-state index in [9.17, 15) is 9.59 Å². The van der Waals surface area contributed by atoms with Gasteiger partial charge in [-0.25, -0.2) is 0 Å². The molecule has 2 amide bonds. The predicted octanol–water partition coefficient (Wildman–Crippen LogP) is 1.99. The second-order valence-electron chi connectivity index (χ2n) is 7.28. The maximum Gasteiger partial charge on any atom is 0.287 e. The molecule has 1 N–H and O–H groups in total. The molecule has 156 valence electrons. The molecule has 0 aliphatic carbocycles. The van der Waals surface area contributed by atoms with Gasteiger partial charge in [0.05, 0.1) is 12.8 Å². The topological polar surface area (TPSA) is 69.0 Å². The van der Waals surface area contributed by atoms with Crippen molar-refractivity contribution in [2.24, 2.45) is 0 Å². The molecule has 7 nitrogen and oxygen atoms in total. The fraction of sp³-hybridized carbons (Fsp3) is 0.455. The van der Waals surface area contributed by atoms with Crippen LogP contribution in [0.5, 0.6) is 0 Å². The summed E-state index contributed by atoms with van der Waals surface area (Å²) in [7, 11) is 0. The van der Waals surface area contributed by atoms with E-state index in [2.05, 4.69) is 15.1 Å². The quantitative estimate of drug-likeness (QED) is 0.737. The number of para-hydroxylation sites is 1. The van der Waals surface area contributed by atoms with Crippen LogP contribution in [0.1, 0.15) is 23.0 Å². The molecule has 7 heteroatoms. The minimum Gasteiger partial charge on any atom is -0.459 e. The fourth-order valence-electron chi connectivity index (χ4n) is 3.62. The molecule has 0 unspecified atom stereocenters. The Hall–Kier alpha value is -2.64. The molecule has 1 aromatic carbocycles. The maximum absolute atomic E-state index is 12.9. The molecule has 1 aliphatic rings. The monoisotopic (exact) mass is 398 g/mol. The summed E-state index contributed by atoms with van der Waals surface area (Å²) in [5.41, 5.74) is 2.11. The van der Waals surface area contributed by atoms with Gasteiger partial charge in [0.2, 0.25) is 5.91 Å². The predicted molar refractivity (Wildman–Crippen MR) is 113 cm³/mol. The highest BCUT2D eigenvalue weighted by atomic mass is 16.3. The number of nitrogens with one attached hydrogen (secondary N) is 1. The Kier molecular flexibility index (Phi) is 7.43. The van der Waals surface area contributed by atoms with E-state index in [1.165, 1.54) is 6.26 Å². The summed E-state index contributed by atoms with van der Waals surface area (Å²) in [6, 6.07) is 11.4. The van der Waals surface area contributed by atoms with Crippen LogP contribution in [0.15, 0.2) is 47.1 Å². The standard InChI is InChI=1S/C22H30N4O3/c1-3-26(19-8-5-4-7-18(19)2)21(27)17-25-14-12-24(13-15-25)11-10-23-22(28)20-9-6-16-29-20/h4-9,16H,3,10-15,17H2,1-2H3,(H,23,28). The number of amides is 2. The van der Waals surface area contributed by atoms with Gasteiger partial charge in [0, 0.05) is 51.5 Å². The minimum absolute atomic E-state index is 0.140. The molecular weight excluding hydrogens is 368 g/mol. The summed E-state index contributed by atoms with van der Waals surface area (Å²) in [5.74, 6) is 0.290. The van der Waals surface area contributed by atoms with Crippen LogP contribution in [-0.2, 0) is 4.79 Å². The van der Waals surface area contributed by atoms with Gasteiger partial charge in [0.25, 0.3) is 5.91 Å². The van der Waals surface area contributed by atoms with Crippen molar-refractivity contribution in [1.29, 1.82) is 0 Å². The highest BCUT2D eigenvalue weighted by Gasteiger charge is 2.22. The molecule has 0 bridgehead atoms. The molecule has 1 saturated heterocycles. The smallest absolute Gasteiger partial charge is 0.287 e. The summed E-state index contributed by atoms with van der Waals surface area (Å²) < 4.78 is 5.09. The normalized spacial score (nSPS) is 15.2. The molecule has 1 fully saturated rings. The number of benzene rings is 1. The van der Waals surface area contributed by atoms with Crippen LogP contribution in [0.2, 0.25) is 0 Å². The highest BCUT2D eigenvalue weighted by molar-refractivity contribution is 5.95. The van der Waals surface area contributed by atoms with Gasteiger partial charge in [-0.15, -0.1) is 0 Å². The van der Waals surface area contributed by atoms with Gasteiger partial charge < -0.3 is 14.6 Å². The first-order valence-electron chi connectivity index (χ1n) is 10.2. The highest BCUT2D eigenvalue weighted by Crippen LogP contribution is 2.19. The summed E-state index contributed by atoms with van der Waals surface area (Å²) in [5, 5.41) is 2.87. The first-order valence-corrected chi connectivity index (χ1v) is 10.2. The van der Waals surface area contributed by atoms with E-state index in [-0.39, 0.29) is 11.8 Å². The van der Waals surface area contributed by atoms with Crippen molar-refractivity contribution in [3.8, 4) is 0 Å². The number of furan rings is 1. The molecule has 0 atom stereocenters. The first kappa shape index (κ1) is 21.1. The summed E-state index contributed by atoms with van der Waals surface area (Å²) in [6.45, 7) is 10.00. The summed E-state index contributed by atoms with van der Waals surface area (Å²) >= 11 is 0. The van der Waals surface area contributed by atoms with Crippen molar-refractivity contribution in [3.63, 3.8) is 0 Å². The molecule has 1 aliphatic heterocycles. The van der Waals surface area contributed by atoms with Crippen LogP contribution in [0.25, 0.3) is 0 Å². The number of aryl methyl sites for hydroxylation is 1. The van der Waals surface area contributed by atoms with Gasteiger partial charge in [-0.3, -0.25) is 19.4 Å². The maximum atomic E-state index is 12.9. The third-order valence-electron chi connectivity index (χ3n) is 5.31. The third-order valence-corrected chi connectivity index (χ3v) is 5.31. The molecule has 1 aromatic heterocycles. The van der Waals surface area contributed by atoms with Crippen molar-refractivity contribution in [2.45, 2.75) is 13.8 Å². The summed E-state index contributed by atoms with van der Waals surface area (Å²) in [4.78, 5) is 31.1. The molecule has 2 heterocycles. The van der Waals surface area contributed by atoms with Gasteiger partial charge >= 0.3 is 0 Å². The molecular formula is C22H30N4O3. The number of likely N-dealkylation sites (N-methyl/N-ethyl adjacent to an activating group) is 1. The van der Waals surface area contributed by atoms with Crippen LogP contribution >= 0.6 is 0 Å². The van der Waals surface area contributed by atoms with Crippen LogP contribution in [0.3, 0.4) is 0 Å². The zero-order valence-electron chi connectivity index (χ0n) is 17.3. The van der Waals surface area contributed by atoms with Gasteiger partial charge in [-0.1, -0.05) is 18.2 Å². The minimum atomic E-state index is -0.185. The van der Waals surface area contributed by atoms with Crippen LogP contribution in [-0.4, -0.2) is 74.0 Å². The van der Waals surface area contributed by atoms with Gasteiger partial charge in [0.1, 0.15) is 0 Å². The van der Waals surface area contributed by atoms with Crippen molar-refractivity contribution in [3.05, 3.63) is 54.0 Å². The van der Waals surface area contributed by atoms with E-state index >= 15 is 0 Å². The van der Waals surface area contributed by atoms with Gasteiger partial charge in [-0.2, -0.15) is 0 Å². The number of rotatable bonds is 8. The van der Waals surface area contributed by atoms with Gasteiger partial charge in [0.15, 0.2) is 5.76 Å². The second-order valence-corrected chi connectivity index (χ2v) is 7.28. The first-order chi connectivity index (χ1) is 14.1. The summed E-state index contributed by atoms with van der Waals surface area (Å²) in [6.07, 6.45) is 1.49. The van der Waals surface area contributed by atoms with E-state index in [1.807, 2.05) is 43.0 Å². The lowest BCUT2D eigenvalue weighted by Crippen LogP contribution is -2.51. The lowest BCUT2D eigenvalue weighted by molar-refractivity contribution is -0.120. The lowest BCUT2D eigenvalue weighted by atomic mass is 10.1. The average molecular weight is 399 g/mol. The number of carbonyl (C=O) groups is 2. The van der Waals surface area contributed by atoms with E-state index in [0.29, 0.717) is 25.4 Å². The van der Waals surface area contributed by atoms with E-state index in [1.54, 1.807) is 12.1 Å².